The fourth-order valence-electron chi connectivity index (χ4n) is 1.62. The Morgan fingerprint density at radius 2 is 1.78 bits per heavy atom. The Balaban J connectivity index is 2.37. The number of nitrogens with zero attached hydrogens (tertiary/aromatic N) is 3. The van der Waals surface area contributed by atoms with Gasteiger partial charge < -0.3 is 0 Å². The Bertz CT molecular complexity index is 588. The molecule has 0 amide bonds. The van der Waals surface area contributed by atoms with Crippen molar-refractivity contribution in [2.75, 3.05) is 0 Å². The van der Waals surface area contributed by atoms with Crippen LogP contribution in [0.2, 0.25) is 0 Å². The van der Waals surface area contributed by atoms with E-state index in [0.717, 1.165) is 5.56 Å². The number of hydrogen-bond acceptors (Lipinski definition) is 4. The third-order valence-corrected chi connectivity index (χ3v) is 2.48. The highest BCUT2D eigenvalue weighted by Crippen LogP contribution is 2.06. The molecular formula is C13H13N3O2. The predicted molar refractivity (Wildman–Crippen MR) is 65.6 cm³/mol. The normalized spacial score (nSPS) is 10.3. The van der Waals surface area contributed by atoms with E-state index in [-0.39, 0.29) is 23.2 Å². The van der Waals surface area contributed by atoms with Crippen molar-refractivity contribution in [3.05, 3.63) is 47.5 Å². The number of rotatable bonds is 4. The van der Waals surface area contributed by atoms with E-state index < -0.39 is 0 Å². The molecule has 0 aliphatic carbocycles. The average Bonchev–Trinajstić information content (AvgIpc) is 2.74. The molecule has 1 heterocycles. The molecule has 5 heteroatoms. The summed E-state index contributed by atoms with van der Waals surface area (Å²) in [6, 6.07) is 9.59. The van der Waals surface area contributed by atoms with Crippen molar-refractivity contribution in [3.8, 4) is 0 Å². The Kier molecular flexibility index (Phi) is 3.32. The van der Waals surface area contributed by atoms with Gasteiger partial charge in [0.25, 0.3) is 0 Å². The maximum atomic E-state index is 11.5. The zero-order valence-corrected chi connectivity index (χ0v) is 10.3. The highest BCUT2D eigenvalue weighted by molar-refractivity contribution is 5.94. The summed E-state index contributed by atoms with van der Waals surface area (Å²) in [5.41, 5.74) is 1.00. The molecule has 2 rings (SSSR count). The van der Waals surface area contributed by atoms with Gasteiger partial charge in [-0.05, 0) is 5.56 Å². The van der Waals surface area contributed by atoms with Gasteiger partial charge in [-0.3, -0.25) is 9.59 Å². The van der Waals surface area contributed by atoms with E-state index in [1.807, 2.05) is 30.3 Å². The molecule has 0 aliphatic rings. The van der Waals surface area contributed by atoms with Crippen molar-refractivity contribution in [1.29, 1.82) is 0 Å². The molecular weight excluding hydrogens is 230 g/mol. The summed E-state index contributed by atoms with van der Waals surface area (Å²) in [6.07, 6.45) is 0. The standard InChI is InChI=1S/C13H13N3O2/c1-9(17)12-14-13(10(2)18)16(15-12)8-11-6-4-3-5-7-11/h3-7H,8H2,1-2H3. The zero-order chi connectivity index (χ0) is 13.1. The minimum absolute atomic E-state index is 0.0798. The van der Waals surface area contributed by atoms with Crippen molar-refractivity contribution >= 4 is 11.6 Å². The van der Waals surface area contributed by atoms with E-state index in [1.54, 1.807) is 0 Å². The summed E-state index contributed by atoms with van der Waals surface area (Å²) in [7, 11) is 0. The first kappa shape index (κ1) is 12.2. The topological polar surface area (TPSA) is 64.8 Å². The van der Waals surface area contributed by atoms with Crippen LogP contribution in [0, 0.1) is 0 Å². The minimum Gasteiger partial charge on any atom is -0.291 e. The first-order chi connectivity index (χ1) is 8.58. The summed E-state index contributed by atoms with van der Waals surface area (Å²) in [4.78, 5) is 26.7. The molecule has 1 aromatic carbocycles. The molecule has 0 spiro atoms. The highest BCUT2D eigenvalue weighted by Gasteiger charge is 2.16. The molecule has 0 bridgehead atoms. The van der Waals surface area contributed by atoms with Gasteiger partial charge >= 0.3 is 0 Å². The van der Waals surface area contributed by atoms with E-state index in [9.17, 15) is 9.59 Å². The Labute approximate surface area is 104 Å². The van der Waals surface area contributed by atoms with Gasteiger partial charge in [0, 0.05) is 13.8 Å². The smallest absolute Gasteiger partial charge is 0.217 e. The Morgan fingerprint density at radius 1 is 1.11 bits per heavy atom. The van der Waals surface area contributed by atoms with Crippen molar-refractivity contribution < 1.29 is 9.59 Å². The van der Waals surface area contributed by atoms with Crippen LogP contribution < -0.4 is 0 Å². The van der Waals surface area contributed by atoms with Gasteiger partial charge in [-0.15, -0.1) is 5.10 Å². The number of ketones is 2. The first-order valence-corrected chi connectivity index (χ1v) is 5.58. The summed E-state index contributed by atoms with van der Waals surface area (Å²) >= 11 is 0. The fourth-order valence-corrected chi connectivity index (χ4v) is 1.62. The lowest BCUT2D eigenvalue weighted by molar-refractivity contribution is 0.0997. The Hall–Kier alpha value is -2.30. The van der Waals surface area contributed by atoms with E-state index in [0.29, 0.717) is 6.54 Å². The lowest BCUT2D eigenvalue weighted by Crippen LogP contribution is -2.10. The minimum atomic E-state index is -0.246. The molecule has 0 saturated heterocycles. The maximum absolute atomic E-state index is 11.5. The number of carbonyl (C=O) groups is 2. The quantitative estimate of drug-likeness (QED) is 0.767. The van der Waals surface area contributed by atoms with Gasteiger partial charge in [0.05, 0.1) is 6.54 Å². The van der Waals surface area contributed by atoms with Crippen LogP contribution in [0.3, 0.4) is 0 Å². The molecule has 18 heavy (non-hydrogen) atoms. The molecule has 1 aromatic heterocycles. The molecule has 5 nitrogen and oxygen atoms in total. The molecule has 0 atom stereocenters. The SMILES string of the molecule is CC(=O)c1nc(C(C)=O)n(Cc2ccccc2)n1. The van der Waals surface area contributed by atoms with Crippen molar-refractivity contribution in [3.63, 3.8) is 0 Å². The van der Waals surface area contributed by atoms with Gasteiger partial charge in [0.2, 0.25) is 5.82 Å². The van der Waals surface area contributed by atoms with E-state index in [2.05, 4.69) is 10.1 Å². The van der Waals surface area contributed by atoms with Crippen molar-refractivity contribution in [2.24, 2.45) is 0 Å². The van der Waals surface area contributed by atoms with Crippen LogP contribution in [0.4, 0.5) is 0 Å². The highest BCUT2D eigenvalue weighted by atomic mass is 16.1. The van der Waals surface area contributed by atoms with Gasteiger partial charge in [-0.2, -0.15) is 0 Å². The monoisotopic (exact) mass is 243 g/mol. The molecule has 92 valence electrons. The molecule has 0 aliphatic heterocycles. The summed E-state index contributed by atoms with van der Waals surface area (Å²) in [5, 5.41) is 4.06. The molecule has 0 fully saturated rings. The van der Waals surface area contributed by atoms with E-state index >= 15 is 0 Å². The maximum Gasteiger partial charge on any atom is 0.217 e. The number of benzene rings is 1. The Morgan fingerprint density at radius 3 is 2.33 bits per heavy atom. The first-order valence-electron chi connectivity index (χ1n) is 5.58. The van der Waals surface area contributed by atoms with E-state index in [1.165, 1.54) is 18.5 Å². The van der Waals surface area contributed by atoms with Crippen LogP contribution in [0.25, 0.3) is 0 Å². The summed E-state index contributed by atoms with van der Waals surface area (Å²) < 4.78 is 1.47. The van der Waals surface area contributed by atoms with Crippen molar-refractivity contribution in [1.82, 2.24) is 14.8 Å². The second-order valence-corrected chi connectivity index (χ2v) is 4.01. The molecule has 0 unspecified atom stereocenters. The van der Waals surface area contributed by atoms with Crippen LogP contribution in [-0.4, -0.2) is 26.3 Å². The lowest BCUT2D eigenvalue weighted by Gasteiger charge is -2.03. The third-order valence-electron chi connectivity index (χ3n) is 2.48. The molecule has 0 radical (unpaired) electrons. The van der Waals surface area contributed by atoms with Crippen LogP contribution in [-0.2, 0) is 6.54 Å². The van der Waals surface area contributed by atoms with Crippen LogP contribution in [0.5, 0.6) is 0 Å². The third kappa shape index (κ3) is 2.51. The second-order valence-electron chi connectivity index (χ2n) is 4.01. The van der Waals surface area contributed by atoms with Crippen molar-refractivity contribution in [2.45, 2.75) is 20.4 Å². The second kappa shape index (κ2) is 4.91. The number of Topliss-reactive ketones (excluding diaryl/α,β-unsaturated/α-hetero) is 2. The van der Waals surface area contributed by atoms with Crippen LogP contribution in [0.1, 0.15) is 40.6 Å². The van der Waals surface area contributed by atoms with Crippen LogP contribution >= 0.6 is 0 Å². The summed E-state index contributed by atoms with van der Waals surface area (Å²) in [5.74, 6) is -0.157. The zero-order valence-electron chi connectivity index (χ0n) is 10.3. The van der Waals surface area contributed by atoms with Gasteiger partial charge in [-0.25, -0.2) is 9.67 Å². The van der Waals surface area contributed by atoms with E-state index in [4.69, 9.17) is 0 Å². The van der Waals surface area contributed by atoms with Gasteiger partial charge in [-0.1, -0.05) is 30.3 Å². The average molecular weight is 243 g/mol. The largest absolute Gasteiger partial charge is 0.291 e. The van der Waals surface area contributed by atoms with Gasteiger partial charge in [0.1, 0.15) is 0 Å². The number of aromatic nitrogens is 3. The van der Waals surface area contributed by atoms with Gasteiger partial charge in [0.15, 0.2) is 17.4 Å². The van der Waals surface area contributed by atoms with Crippen LogP contribution in [0.15, 0.2) is 30.3 Å². The molecule has 0 saturated carbocycles. The number of hydrogen-bond donors (Lipinski definition) is 0. The molecule has 2 aromatic rings. The lowest BCUT2D eigenvalue weighted by atomic mass is 10.2. The fraction of sp³-hybridized carbons (Fsp3) is 0.231. The summed E-state index contributed by atoms with van der Waals surface area (Å²) in [6.45, 7) is 3.22. The number of carbonyl (C=O) groups excluding carboxylic acids is 2. The molecule has 0 N–H and O–H groups in total. The predicted octanol–water partition coefficient (Wildman–Crippen LogP) is 1.73.